The van der Waals surface area contributed by atoms with Crippen molar-refractivity contribution in [2.24, 2.45) is 0 Å². The highest BCUT2D eigenvalue weighted by atomic mass is 35.5. The molecular formula is C25H19ClN4O2S. The second-order valence-corrected chi connectivity index (χ2v) is 9.49. The number of hydrogen-bond acceptors (Lipinski definition) is 5. The number of Topliss-reactive ketones (excluding diaryl/α,β-unsaturated/α-hetero) is 1. The number of fused-ring (bicyclic) bond motifs is 3. The Hall–Kier alpha value is -3.42. The van der Waals surface area contributed by atoms with Gasteiger partial charge in [0.1, 0.15) is 0 Å². The molecule has 0 aliphatic heterocycles. The Morgan fingerprint density at radius 1 is 0.970 bits per heavy atom. The van der Waals surface area contributed by atoms with Crippen molar-refractivity contribution in [3.63, 3.8) is 0 Å². The van der Waals surface area contributed by atoms with Crippen LogP contribution in [0.15, 0.2) is 82.7 Å². The third kappa shape index (κ3) is 3.83. The van der Waals surface area contributed by atoms with E-state index < -0.39 is 5.25 Å². The Labute approximate surface area is 198 Å². The zero-order valence-electron chi connectivity index (χ0n) is 17.9. The molecule has 0 saturated heterocycles. The van der Waals surface area contributed by atoms with Crippen molar-refractivity contribution in [2.45, 2.75) is 24.3 Å². The van der Waals surface area contributed by atoms with Gasteiger partial charge in [0.15, 0.2) is 10.9 Å². The molecule has 0 bridgehead atoms. The molecule has 1 unspecified atom stereocenters. The normalized spacial score (nSPS) is 12.3. The Morgan fingerprint density at radius 3 is 2.39 bits per heavy atom. The van der Waals surface area contributed by atoms with Crippen molar-refractivity contribution in [3.05, 3.63) is 99.3 Å². The highest BCUT2D eigenvalue weighted by Gasteiger charge is 2.23. The molecule has 2 aromatic heterocycles. The Morgan fingerprint density at radius 2 is 1.67 bits per heavy atom. The van der Waals surface area contributed by atoms with Crippen LogP contribution in [-0.4, -0.2) is 30.2 Å². The number of para-hydroxylation sites is 1. The van der Waals surface area contributed by atoms with Crippen LogP contribution < -0.4 is 5.56 Å². The summed E-state index contributed by atoms with van der Waals surface area (Å²) >= 11 is 7.26. The van der Waals surface area contributed by atoms with E-state index in [4.69, 9.17) is 11.6 Å². The lowest BCUT2D eigenvalue weighted by atomic mass is 10.1. The largest absolute Gasteiger partial charge is 0.293 e. The number of hydrogen-bond donors (Lipinski definition) is 0. The van der Waals surface area contributed by atoms with Gasteiger partial charge in [0.05, 0.1) is 21.8 Å². The van der Waals surface area contributed by atoms with Crippen LogP contribution in [0.1, 0.15) is 22.8 Å². The van der Waals surface area contributed by atoms with Crippen LogP contribution in [0.3, 0.4) is 0 Å². The molecular weight excluding hydrogens is 456 g/mol. The SMILES string of the molecule is Cc1ccc(-n2c(=O)c3ccccc3n3c(SC(C)C(=O)c4ccc(Cl)cc4)nnc23)cc1. The summed E-state index contributed by atoms with van der Waals surface area (Å²) < 4.78 is 3.40. The average Bonchev–Trinajstić information content (AvgIpc) is 3.23. The van der Waals surface area contributed by atoms with Gasteiger partial charge in [-0.1, -0.05) is 53.2 Å². The van der Waals surface area contributed by atoms with E-state index >= 15 is 0 Å². The Balaban J connectivity index is 1.65. The van der Waals surface area contributed by atoms with Crippen LogP contribution in [0, 0.1) is 6.92 Å². The van der Waals surface area contributed by atoms with Crippen LogP contribution in [0.4, 0.5) is 0 Å². The van der Waals surface area contributed by atoms with Crippen molar-refractivity contribution < 1.29 is 4.79 Å². The molecule has 3 aromatic carbocycles. The minimum Gasteiger partial charge on any atom is -0.293 e. The van der Waals surface area contributed by atoms with E-state index in [1.54, 1.807) is 34.9 Å². The fourth-order valence-corrected chi connectivity index (χ4v) is 4.80. The molecule has 5 aromatic rings. The Bertz CT molecular complexity index is 1560. The first-order chi connectivity index (χ1) is 15.9. The van der Waals surface area contributed by atoms with E-state index in [1.165, 1.54) is 11.8 Å². The summed E-state index contributed by atoms with van der Waals surface area (Å²) in [6.45, 7) is 3.83. The zero-order valence-corrected chi connectivity index (χ0v) is 19.5. The highest BCUT2D eigenvalue weighted by molar-refractivity contribution is 8.00. The van der Waals surface area contributed by atoms with Crippen LogP contribution in [0.5, 0.6) is 0 Å². The topological polar surface area (TPSA) is 69.3 Å². The molecule has 0 aliphatic carbocycles. The van der Waals surface area contributed by atoms with Crippen LogP contribution in [0.25, 0.3) is 22.4 Å². The summed E-state index contributed by atoms with van der Waals surface area (Å²) in [5.74, 6) is 0.362. The molecule has 33 heavy (non-hydrogen) atoms. The molecule has 5 rings (SSSR count). The first kappa shape index (κ1) is 21.4. The van der Waals surface area contributed by atoms with Gasteiger partial charge in [-0.3, -0.25) is 14.0 Å². The number of carbonyl (C=O) groups excluding carboxylic acids is 1. The van der Waals surface area contributed by atoms with Crippen LogP contribution in [0.2, 0.25) is 5.02 Å². The van der Waals surface area contributed by atoms with E-state index in [9.17, 15) is 9.59 Å². The van der Waals surface area contributed by atoms with Crippen molar-refractivity contribution in [2.75, 3.05) is 0 Å². The lowest BCUT2D eigenvalue weighted by molar-refractivity contribution is 0.0994. The number of halogens is 1. The molecule has 6 nitrogen and oxygen atoms in total. The number of rotatable bonds is 5. The number of aryl methyl sites for hydroxylation is 1. The van der Waals surface area contributed by atoms with Gasteiger partial charge < -0.3 is 0 Å². The lowest BCUT2D eigenvalue weighted by Gasteiger charge is -2.13. The van der Waals surface area contributed by atoms with E-state index in [0.29, 0.717) is 38.1 Å². The molecule has 0 amide bonds. The number of carbonyl (C=O) groups is 1. The lowest BCUT2D eigenvalue weighted by Crippen LogP contribution is -2.22. The predicted octanol–water partition coefficient (Wildman–Crippen LogP) is 5.36. The van der Waals surface area contributed by atoms with E-state index in [-0.39, 0.29) is 11.3 Å². The zero-order chi connectivity index (χ0) is 23.1. The number of benzene rings is 3. The number of nitrogens with zero attached hydrogens (tertiary/aromatic N) is 4. The van der Waals surface area contributed by atoms with Gasteiger partial charge in [0, 0.05) is 10.6 Å². The second kappa shape index (κ2) is 8.50. The van der Waals surface area contributed by atoms with Crippen LogP contribution in [-0.2, 0) is 0 Å². The van der Waals surface area contributed by atoms with Gasteiger partial charge in [0.25, 0.3) is 5.56 Å². The van der Waals surface area contributed by atoms with Gasteiger partial charge in [-0.25, -0.2) is 4.57 Å². The molecule has 1 atom stereocenters. The van der Waals surface area contributed by atoms with E-state index in [1.807, 2.05) is 60.7 Å². The standard InChI is InChI=1S/C25H19ClN4O2S/c1-15-7-13-19(14-8-15)29-23(32)20-5-3-4-6-21(20)30-24(29)27-28-25(30)33-16(2)22(31)17-9-11-18(26)12-10-17/h3-14,16H,1-2H3. The summed E-state index contributed by atoms with van der Waals surface area (Å²) in [6, 6.07) is 21.9. The van der Waals surface area contributed by atoms with Crippen molar-refractivity contribution in [3.8, 4) is 5.69 Å². The molecule has 164 valence electrons. The molecule has 0 N–H and O–H groups in total. The summed E-state index contributed by atoms with van der Waals surface area (Å²) in [4.78, 5) is 26.4. The maximum Gasteiger partial charge on any atom is 0.267 e. The molecule has 0 aliphatic rings. The number of thioether (sulfide) groups is 1. The summed E-state index contributed by atoms with van der Waals surface area (Å²) in [6.07, 6.45) is 0. The summed E-state index contributed by atoms with van der Waals surface area (Å²) in [5, 5.41) is 9.96. The quantitative estimate of drug-likeness (QED) is 0.253. The maximum atomic E-state index is 13.4. The van der Waals surface area contributed by atoms with Gasteiger partial charge in [0.2, 0.25) is 5.78 Å². The maximum absolute atomic E-state index is 13.4. The first-order valence-corrected chi connectivity index (χ1v) is 11.6. The van der Waals surface area contributed by atoms with Gasteiger partial charge >= 0.3 is 0 Å². The van der Waals surface area contributed by atoms with Gasteiger partial charge in [-0.2, -0.15) is 0 Å². The number of ketones is 1. The highest BCUT2D eigenvalue weighted by Crippen LogP contribution is 2.28. The number of aromatic nitrogens is 4. The van der Waals surface area contributed by atoms with Crippen molar-refractivity contribution in [1.82, 2.24) is 19.2 Å². The smallest absolute Gasteiger partial charge is 0.267 e. The molecule has 0 fully saturated rings. The second-order valence-electron chi connectivity index (χ2n) is 7.74. The van der Waals surface area contributed by atoms with Crippen molar-refractivity contribution >= 4 is 45.8 Å². The van der Waals surface area contributed by atoms with Gasteiger partial charge in [-0.15, -0.1) is 10.2 Å². The monoisotopic (exact) mass is 474 g/mol. The summed E-state index contributed by atoms with van der Waals surface area (Å²) in [5.41, 5.74) is 2.90. The minimum atomic E-state index is -0.419. The fourth-order valence-electron chi connectivity index (χ4n) is 3.74. The van der Waals surface area contributed by atoms with Crippen molar-refractivity contribution in [1.29, 1.82) is 0 Å². The van der Waals surface area contributed by atoms with Gasteiger partial charge in [-0.05, 0) is 62.4 Å². The molecule has 2 heterocycles. The van der Waals surface area contributed by atoms with E-state index in [0.717, 1.165) is 5.56 Å². The molecule has 0 radical (unpaired) electrons. The predicted molar refractivity (Wildman–Crippen MR) is 132 cm³/mol. The fraction of sp³-hybridized carbons (Fsp3) is 0.120. The third-order valence-corrected chi connectivity index (χ3v) is 6.76. The van der Waals surface area contributed by atoms with Crippen LogP contribution >= 0.6 is 23.4 Å². The van der Waals surface area contributed by atoms with E-state index in [2.05, 4.69) is 10.2 Å². The molecule has 0 spiro atoms. The first-order valence-electron chi connectivity index (χ1n) is 10.4. The molecule has 8 heteroatoms. The minimum absolute atomic E-state index is 0.0374. The molecule has 0 saturated carbocycles. The summed E-state index contributed by atoms with van der Waals surface area (Å²) in [7, 11) is 0. The average molecular weight is 475 g/mol. The third-order valence-electron chi connectivity index (χ3n) is 5.47. The Kier molecular flexibility index (Phi) is 5.52.